The Morgan fingerprint density at radius 1 is 1.33 bits per heavy atom. The number of nitrogens with two attached hydrogens (primary N) is 1. The minimum atomic E-state index is -0.563. The summed E-state index contributed by atoms with van der Waals surface area (Å²) < 4.78 is 5.74. The average Bonchev–Trinajstić information content (AvgIpc) is 2.98. The summed E-state index contributed by atoms with van der Waals surface area (Å²) >= 11 is 5.08. The van der Waals surface area contributed by atoms with Crippen molar-refractivity contribution in [1.82, 2.24) is 5.32 Å². The molecule has 3 rings (SSSR count). The van der Waals surface area contributed by atoms with E-state index in [0.717, 1.165) is 32.3 Å². The second-order valence-corrected chi connectivity index (χ2v) is 6.28. The predicted octanol–water partition coefficient (Wildman–Crippen LogP) is 1.13. The van der Waals surface area contributed by atoms with Gasteiger partial charge in [-0.1, -0.05) is 18.6 Å². The van der Waals surface area contributed by atoms with E-state index in [4.69, 9.17) is 22.7 Å². The van der Waals surface area contributed by atoms with Crippen molar-refractivity contribution in [2.75, 3.05) is 6.61 Å². The predicted molar refractivity (Wildman–Crippen MR) is 72.1 cm³/mol. The third-order valence-corrected chi connectivity index (χ3v) is 5.04. The highest BCUT2D eigenvalue weighted by Gasteiger charge is 2.49. The number of carbonyl (C=O) groups is 1. The van der Waals surface area contributed by atoms with Gasteiger partial charge in [-0.15, -0.1) is 0 Å². The molecule has 1 amide bonds. The molecule has 2 aliphatic carbocycles. The molecule has 5 heteroatoms. The highest BCUT2D eigenvalue weighted by atomic mass is 32.1. The Labute approximate surface area is 113 Å². The molecular formula is C13H20N2O2S. The molecule has 1 saturated heterocycles. The number of nitrogens with one attached hydrogen (secondary N) is 1. The topological polar surface area (TPSA) is 64.4 Å². The Morgan fingerprint density at radius 3 is 2.56 bits per heavy atom. The molecule has 0 bridgehead atoms. The second kappa shape index (κ2) is 4.46. The minimum absolute atomic E-state index is 0.0300. The average molecular weight is 268 g/mol. The molecule has 2 unspecified atom stereocenters. The minimum Gasteiger partial charge on any atom is -0.392 e. The van der Waals surface area contributed by atoms with Crippen LogP contribution in [0.25, 0.3) is 0 Å². The van der Waals surface area contributed by atoms with Gasteiger partial charge in [0.2, 0.25) is 5.91 Å². The van der Waals surface area contributed by atoms with Crippen molar-refractivity contribution in [1.29, 1.82) is 0 Å². The first kappa shape index (κ1) is 12.4. The van der Waals surface area contributed by atoms with E-state index < -0.39 is 5.41 Å². The number of thiocarbonyl (C=S) groups is 1. The summed E-state index contributed by atoms with van der Waals surface area (Å²) in [6.45, 7) is 0.756. The van der Waals surface area contributed by atoms with Gasteiger partial charge in [-0.2, -0.15) is 0 Å². The van der Waals surface area contributed by atoms with E-state index in [1.807, 2.05) is 0 Å². The molecule has 2 atom stereocenters. The van der Waals surface area contributed by atoms with Crippen LogP contribution < -0.4 is 11.1 Å². The molecule has 0 spiro atoms. The van der Waals surface area contributed by atoms with E-state index in [0.29, 0.717) is 10.9 Å². The van der Waals surface area contributed by atoms with E-state index in [1.54, 1.807) is 0 Å². The fourth-order valence-electron chi connectivity index (χ4n) is 3.08. The van der Waals surface area contributed by atoms with Gasteiger partial charge in [-0.05, 0) is 38.0 Å². The summed E-state index contributed by atoms with van der Waals surface area (Å²) in [6.07, 6.45) is 6.25. The first-order valence-electron chi connectivity index (χ1n) is 6.86. The zero-order valence-corrected chi connectivity index (χ0v) is 11.3. The van der Waals surface area contributed by atoms with E-state index in [2.05, 4.69) is 5.32 Å². The van der Waals surface area contributed by atoms with Crippen molar-refractivity contribution in [3.63, 3.8) is 0 Å². The normalized spacial score (nSPS) is 33.8. The molecule has 0 aromatic rings. The Balaban J connectivity index is 1.64. The van der Waals surface area contributed by atoms with Crippen LogP contribution in [0.5, 0.6) is 0 Å². The lowest BCUT2D eigenvalue weighted by molar-refractivity contribution is -0.132. The Bertz CT molecular complexity index is 377. The molecule has 0 aromatic heterocycles. The zero-order valence-electron chi connectivity index (χ0n) is 10.5. The lowest BCUT2D eigenvalue weighted by Gasteiger charge is -2.40. The number of rotatable bonds is 4. The third-order valence-electron chi connectivity index (χ3n) is 4.65. The molecule has 1 heterocycles. The Kier molecular flexibility index (Phi) is 3.06. The number of hydrogen-bond donors (Lipinski definition) is 2. The van der Waals surface area contributed by atoms with Crippen LogP contribution >= 0.6 is 12.2 Å². The molecular weight excluding hydrogens is 248 g/mol. The first-order valence-corrected chi connectivity index (χ1v) is 7.27. The third kappa shape index (κ3) is 1.93. The monoisotopic (exact) mass is 268 g/mol. The van der Waals surface area contributed by atoms with Gasteiger partial charge in [0.1, 0.15) is 0 Å². The van der Waals surface area contributed by atoms with Gasteiger partial charge in [-0.25, -0.2) is 0 Å². The van der Waals surface area contributed by atoms with Gasteiger partial charge in [0.15, 0.2) is 0 Å². The van der Waals surface area contributed by atoms with Crippen molar-refractivity contribution in [2.24, 2.45) is 17.1 Å². The van der Waals surface area contributed by atoms with E-state index in [-0.39, 0.29) is 18.1 Å². The van der Waals surface area contributed by atoms with E-state index in [1.165, 1.54) is 12.8 Å². The fraction of sp³-hybridized carbons (Fsp3) is 0.846. The molecule has 18 heavy (non-hydrogen) atoms. The van der Waals surface area contributed by atoms with Gasteiger partial charge in [-0.3, -0.25) is 4.79 Å². The largest absolute Gasteiger partial charge is 0.392 e. The van der Waals surface area contributed by atoms with Gasteiger partial charge in [0.05, 0.1) is 22.5 Å². The summed E-state index contributed by atoms with van der Waals surface area (Å²) in [5, 5.41) is 3.14. The summed E-state index contributed by atoms with van der Waals surface area (Å²) in [7, 11) is 0. The van der Waals surface area contributed by atoms with Crippen molar-refractivity contribution in [3.8, 4) is 0 Å². The van der Waals surface area contributed by atoms with E-state index >= 15 is 0 Å². The maximum absolute atomic E-state index is 12.4. The zero-order chi connectivity index (χ0) is 12.8. The van der Waals surface area contributed by atoms with Crippen molar-refractivity contribution < 1.29 is 9.53 Å². The van der Waals surface area contributed by atoms with Crippen LogP contribution in [0.3, 0.4) is 0 Å². The molecule has 100 valence electrons. The molecule has 0 radical (unpaired) electrons. The number of carbonyl (C=O) groups excluding carboxylic acids is 1. The SMILES string of the molecule is NC(=S)C1(C(=O)NC2CCOC2C2CC2)CCC1. The van der Waals surface area contributed by atoms with E-state index in [9.17, 15) is 4.79 Å². The van der Waals surface area contributed by atoms with Gasteiger partial charge >= 0.3 is 0 Å². The van der Waals surface area contributed by atoms with Crippen molar-refractivity contribution in [2.45, 2.75) is 50.7 Å². The fourth-order valence-corrected chi connectivity index (χ4v) is 3.37. The maximum atomic E-state index is 12.4. The molecule has 3 aliphatic rings. The molecule has 0 aromatic carbocycles. The van der Waals surface area contributed by atoms with Crippen molar-refractivity contribution >= 4 is 23.1 Å². The summed E-state index contributed by atoms with van der Waals surface area (Å²) in [6, 6.07) is 0.164. The number of hydrogen-bond acceptors (Lipinski definition) is 3. The van der Waals surface area contributed by atoms with Crippen LogP contribution in [0, 0.1) is 11.3 Å². The summed E-state index contributed by atoms with van der Waals surface area (Å²) in [4.78, 5) is 12.8. The van der Waals surface area contributed by atoms with Gasteiger partial charge in [0, 0.05) is 6.61 Å². The maximum Gasteiger partial charge on any atom is 0.233 e. The lowest BCUT2D eigenvalue weighted by atomic mass is 9.68. The quantitative estimate of drug-likeness (QED) is 0.750. The lowest BCUT2D eigenvalue weighted by Crippen LogP contribution is -2.56. The summed E-state index contributed by atoms with van der Waals surface area (Å²) in [5.41, 5.74) is 5.19. The van der Waals surface area contributed by atoms with Crippen LogP contribution in [-0.2, 0) is 9.53 Å². The molecule has 2 saturated carbocycles. The van der Waals surface area contributed by atoms with Gasteiger partial charge in [0.25, 0.3) is 0 Å². The van der Waals surface area contributed by atoms with Crippen LogP contribution in [0.1, 0.15) is 38.5 Å². The van der Waals surface area contributed by atoms with Gasteiger partial charge < -0.3 is 15.8 Å². The molecule has 3 N–H and O–H groups in total. The summed E-state index contributed by atoms with van der Waals surface area (Å²) in [5.74, 6) is 0.683. The smallest absolute Gasteiger partial charge is 0.233 e. The molecule has 4 nitrogen and oxygen atoms in total. The highest BCUT2D eigenvalue weighted by Crippen LogP contribution is 2.43. The number of amides is 1. The van der Waals surface area contributed by atoms with Crippen molar-refractivity contribution in [3.05, 3.63) is 0 Å². The second-order valence-electron chi connectivity index (χ2n) is 5.84. The first-order chi connectivity index (χ1) is 8.63. The molecule has 3 fully saturated rings. The van der Waals surface area contributed by atoms with Crippen LogP contribution in [0.4, 0.5) is 0 Å². The van der Waals surface area contributed by atoms with Crippen LogP contribution in [0.15, 0.2) is 0 Å². The molecule has 1 aliphatic heterocycles. The Morgan fingerprint density at radius 2 is 2.06 bits per heavy atom. The standard InChI is InChI=1S/C13H20N2O2S/c14-11(18)13(5-1-6-13)12(16)15-9-4-7-17-10(9)8-2-3-8/h8-10H,1-7H2,(H2,14,18)(H,15,16). The number of ether oxygens (including phenoxy) is 1. The Hall–Kier alpha value is -0.680. The van der Waals surface area contributed by atoms with Crippen LogP contribution in [0.2, 0.25) is 0 Å². The van der Waals surface area contributed by atoms with Crippen LogP contribution in [-0.4, -0.2) is 29.6 Å². The highest BCUT2D eigenvalue weighted by molar-refractivity contribution is 7.80.